The van der Waals surface area contributed by atoms with E-state index >= 15 is 0 Å². The Balaban J connectivity index is 3.56. The van der Waals surface area contributed by atoms with Crippen LogP contribution >= 0.6 is 0 Å². The number of rotatable bonds is 2. The van der Waals surface area contributed by atoms with Crippen molar-refractivity contribution in [1.82, 2.24) is 0 Å². The normalized spacial score (nSPS) is 12.9. The minimum Gasteiger partial charge on any atom is -0.0831 e. The summed E-state index contributed by atoms with van der Waals surface area (Å²) in [6.45, 7) is 8.78. The van der Waals surface area contributed by atoms with E-state index in [1.807, 2.05) is 0 Å². The maximum Gasteiger partial charge on any atom is -0.0288 e. The summed E-state index contributed by atoms with van der Waals surface area (Å²) in [5.41, 5.74) is 1.50. The minimum absolute atomic E-state index is 0.718. The largest absolute Gasteiger partial charge is 0.0831 e. The van der Waals surface area contributed by atoms with Crippen molar-refractivity contribution in [3.63, 3.8) is 0 Å². The molecule has 0 aromatic carbocycles. The van der Waals surface area contributed by atoms with E-state index in [0.717, 1.165) is 5.92 Å². The molecule has 0 unspecified atom stereocenters. The van der Waals surface area contributed by atoms with Gasteiger partial charge in [-0.2, -0.15) is 0 Å². The molecule has 0 aliphatic heterocycles. The van der Waals surface area contributed by atoms with Crippen molar-refractivity contribution in [2.24, 2.45) is 5.92 Å². The molecule has 0 saturated heterocycles. The van der Waals surface area contributed by atoms with Gasteiger partial charge in [-0.05, 0) is 19.3 Å². The quantitative estimate of drug-likeness (QED) is 0.482. The van der Waals surface area contributed by atoms with Gasteiger partial charge in [0.25, 0.3) is 0 Å². The van der Waals surface area contributed by atoms with Gasteiger partial charge in [-0.3, -0.25) is 0 Å². The molecule has 8 heavy (non-hydrogen) atoms. The Hall–Kier alpha value is -0.260. The summed E-state index contributed by atoms with van der Waals surface area (Å²) in [6, 6.07) is 0. The van der Waals surface area contributed by atoms with Gasteiger partial charge in [0.15, 0.2) is 0 Å². The summed E-state index contributed by atoms with van der Waals surface area (Å²) in [7, 11) is 0. The topological polar surface area (TPSA) is 0 Å². The maximum atomic E-state index is 2.31. The Kier molecular flexibility index (Phi) is 3.59. The van der Waals surface area contributed by atoms with Crippen LogP contribution in [0.2, 0.25) is 0 Å². The van der Waals surface area contributed by atoms with Crippen LogP contribution in [0, 0.1) is 5.92 Å². The summed E-state index contributed by atoms with van der Waals surface area (Å²) in [5.74, 6) is 0.718. The predicted molar refractivity (Wildman–Crippen MR) is 38.9 cm³/mol. The molecule has 0 atom stereocenters. The first-order valence-electron chi connectivity index (χ1n) is 3.34. The Morgan fingerprint density at radius 3 is 2.12 bits per heavy atom. The maximum absolute atomic E-state index is 2.31. The van der Waals surface area contributed by atoms with Gasteiger partial charge in [0.05, 0.1) is 0 Å². The van der Waals surface area contributed by atoms with Gasteiger partial charge in [-0.15, -0.1) is 0 Å². The van der Waals surface area contributed by atoms with Crippen LogP contribution in [-0.2, 0) is 0 Å². The van der Waals surface area contributed by atoms with Gasteiger partial charge in [0, 0.05) is 0 Å². The van der Waals surface area contributed by atoms with Gasteiger partial charge >= 0.3 is 0 Å². The van der Waals surface area contributed by atoms with Crippen LogP contribution in [0.1, 0.15) is 34.1 Å². The third-order valence-electron chi connectivity index (χ3n) is 1.18. The first-order valence-corrected chi connectivity index (χ1v) is 3.34. The Morgan fingerprint density at radius 1 is 1.50 bits per heavy atom. The lowest BCUT2D eigenvalue weighted by atomic mass is 10.1. The molecule has 0 aromatic rings. The molecule has 0 rings (SSSR count). The van der Waals surface area contributed by atoms with Crippen molar-refractivity contribution < 1.29 is 0 Å². The fraction of sp³-hybridized carbons (Fsp3) is 0.750. The Bertz CT molecular complexity index is 78.0. The monoisotopic (exact) mass is 112 g/mol. The van der Waals surface area contributed by atoms with Gasteiger partial charge in [-0.25, -0.2) is 0 Å². The van der Waals surface area contributed by atoms with Crippen molar-refractivity contribution in [2.75, 3.05) is 0 Å². The number of hydrogen-bond donors (Lipinski definition) is 0. The molecule has 48 valence electrons. The zero-order chi connectivity index (χ0) is 6.57. The molecule has 0 saturated carbocycles. The second-order valence-corrected chi connectivity index (χ2v) is 2.61. The molecule has 0 radical (unpaired) electrons. The Labute approximate surface area is 52.6 Å². The van der Waals surface area contributed by atoms with Crippen molar-refractivity contribution >= 4 is 0 Å². The fourth-order valence-electron chi connectivity index (χ4n) is 0.687. The van der Waals surface area contributed by atoms with Gasteiger partial charge < -0.3 is 0 Å². The fourth-order valence-corrected chi connectivity index (χ4v) is 0.687. The summed E-state index contributed by atoms with van der Waals surface area (Å²) in [4.78, 5) is 0. The molecule has 0 fully saturated rings. The van der Waals surface area contributed by atoms with Crippen LogP contribution in [0.5, 0.6) is 0 Å². The zero-order valence-electron chi connectivity index (χ0n) is 6.36. The average Bonchev–Trinajstić information content (AvgIpc) is 1.65. The van der Waals surface area contributed by atoms with E-state index in [0.29, 0.717) is 0 Å². The SMILES string of the molecule is CCC(C)=CC(C)C. The molecular formula is C8H16. The minimum atomic E-state index is 0.718. The molecule has 0 heterocycles. The highest BCUT2D eigenvalue weighted by molar-refractivity contribution is 4.97. The lowest BCUT2D eigenvalue weighted by Gasteiger charge is -1.97. The van der Waals surface area contributed by atoms with Crippen LogP contribution in [0.25, 0.3) is 0 Å². The molecular weight excluding hydrogens is 96.1 g/mol. The van der Waals surface area contributed by atoms with Crippen molar-refractivity contribution in [3.05, 3.63) is 11.6 Å². The highest BCUT2D eigenvalue weighted by Gasteiger charge is 1.86. The van der Waals surface area contributed by atoms with E-state index in [2.05, 4.69) is 33.8 Å². The summed E-state index contributed by atoms with van der Waals surface area (Å²) < 4.78 is 0. The predicted octanol–water partition coefficient (Wildman–Crippen LogP) is 3.00. The second kappa shape index (κ2) is 3.71. The van der Waals surface area contributed by atoms with Gasteiger partial charge in [0.1, 0.15) is 0 Å². The van der Waals surface area contributed by atoms with Crippen molar-refractivity contribution in [2.45, 2.75) is 34.1 Å². The second-order valence-electron chi connectivity index (χ2n) is 2.61. The van der Waals surface area contributed by atoms with Crippen LogP contribution in [0.15, 0.2) is 11.6 Å². The highest BCUT2D eigenvalue weighted by atomic mass is 13.9. The lowest BCUT2D eigenvalue weighted by molar-refractivity contribution is 0.813. The van der Waals surface area contributed by atoms with Gasteiger partial charge in [0.2, 0.25) is 0 Å². The lowest BCUT2D eigenvalue weighted by Crippen LogP contribution is -1.80. The van der Waals surface area contributed by atoms with E-state index in [9.17, 15) is 0 Å². The smallest absolute Gasteiger partial charge is 0.0288 e. The molecule has 0 N–H and O–H groups in total. The summed E-state index contributed by atoms with van der Waals surface area (Å²) in [5, 5.41) is 0. The highest BCUT2D eigenvalue weighted by Crippen LogP contribution is 2.03. The molecule has 0 aliphatic rings. The molecule has 0 spiro atoms. The number of hydrogen-bond acceptors (Lipinski definition) is 0. The summed E-state index contributed by atoms with van der Waals surface area (Å²) >= 11 is 0. The molecule has 0 bridgehead atoms. The first kappa shape index (κ1) is 7.74. The van der Waals surface area contributed by atoms with Crippen molar-refractivity contribution in [3.8, 4) is 0 Å². The third-order valence-corrected chi connectivity index (χ3v) is 1.18. The molecule has 0 amide bonds. The molecule has 0 heteroatoms. The molecule has 0 aromatic heterocycles. The van der Waals surface area contributed by atoms with Crippen LogP contribution < -0.4 is 0 Å². The van der Waals surface area contributed by atoms with Crippen molar-refractivity contribution in [1.29, 1.82) is 0 Å². The van der Waals surface area contributed by atoms with E-state index < -0.39 is 0 Å². The number of allylic oxidation sites excluding steroid dienone is 2. The first-order chi connectivity index (χ1) is 3.66. The van der Waals surface area contributed by atoms with E-state index in [1.165, 1.54) is 12.0 Å². The standard InChI is InChI=1S/C8H16/c1-5-8(4)6-7(2)3/h6-7H,5H2,1-4H3. The van der Waals surface area contributed by atoms with Gasteiger partial charge in [-0.1, -0.05) is 32.4 Å². The van der Waals surface area contributed by atoms with E-state index in [1.54, 1.807) is 0 Å². The molecule has 0 nitrogen and oxygen atoms in total. The third kappa shape index (κ3) is 3.91. The van der Waals surface area contributed by atoms with E-state index in [-0.39, 0.29) is 0 Å². The summed E-state index contributed by atoms with van der Waals surface area (Å²) in [6.07, 6.45) is 3.50. The van der Waals surface area contributed by atoms with Crippen LogP contribution in [0.4, 0.5) is 0 Å². The zero-order valence-corrected chi connectivity index (χ0v) is 6.36. The van der Waals surface area contributed by atoms with Crippen LogP contribution in [-0.4, -0.2) is 0 Å². The average molecular weight is 112 g/mol. The molecule has 0 aliphatic carbocycles. The van der Waals surface area contributed by atoms with Crippen LogP contribution in [0.3, 0.4) is 0 Å². The van der Waals surface area contributed by atoms with E-state index in [4.69, 9.17) is 0 Å². The Morgan fingerprint density at radius 2 is 2.00 bits per heavy atom.